The molecule has 0 radical (unpaired) electrons. The van der Waals surface area contributed by atoms with E-state index in [4.69, 9.17) is 9.84 Å². The van der Waals surface area contributed by atoms with Gasteiger partial charge in [0.2, 0.25) is 5.69 Å². The van der Waals surface area contributed by atoms with Gasteiger partial charge in [-0.25, -0.2) is 9.89 Å². The minimum atomic E-state index is -1.16. The zero-order valence-electron chi connectivity index (χ0n) is 9.17. The molecular weight excluding hydrogens is 222 g/mol. The van der Waals surface area contributed by atoms with Gasteiger partial charge in [-0.3, -0.25) is 0 Å². The molecule has 0 unspecified atom stereocenters. The van der Waals surface area contributed by atoms with Gasteiger partial charge in [0.1, 0.15) is 5.75 Å². The Balaban J connectivity index is 2.25. The number of ether oxygens (including phenoxy) is 1. The Bertz CT molecular complexity index is 536. The van der Waals surface area contributed by atoms with Crippen LogP contribution in [0.3, 0.4) is 0 Å². The topological polar surface area (TPSA) is 88.1 Å². The largest absolute Gasteiger partial charge is 0.476 e. The van der Waals surface area contributed by atoms with Crippen LogP contribution in [0.25, 0.3) is 0 Å². The van der Waals surface area contributed by atoms with Crippen LogP contribution in [0, 0.1) is 0 Å². The number of nitrogens with zero attached hydrogens (tertiary/aromatic N) is 2. The second-order valence-electron chi connectivity index (χ2n) is 3.40. The molecule has 0 atom stereocenters. The number of aromatic nitrogens is 3. The second kappa shape index (κ2) is 4.65. The van der Waals surface area contributed by atoms with Crippen LogP contribution in [0.1, 0.15) is 23.0 Å². The molecule has 0 saturated carbocycles. The lowest BCUT2D eigenvalue weighted by Crippen LogP contribution is -1.99. The molecule has 6 heteroatoms. The maximum absolute atomic E-state index is 10.8. The predicted octanol–water partition coefficient (Wildman–Crippen LogP) is 1.86. The highest BCUT2D eigenvalue weighted by Crippen LogP contribution is 2.22. The molecule has 0 aliphatic rings. The molecule has 1 aromatic heterocycles. The number of aryl methyl sites for hydroxylation is 1. The second-order valence-corrected chi connectivity index (χ2v) is 3.40. The molecule has 1 aromatic carbocycles. The molecule has 88 valence electrons. The van der Waals surface area contributed by atoms with Gasteiger partial charge in [0.05, 0.1) is 0 Å². The van der Waals surface area contributed by atoms with Crippen LogP contribution in [0.4, 0.5) is 0 Å². The average Bonchev–Trinajstić information content (AvgIpc) is 2.77. The van der Waals surface area contributed by atoms with Crippen LogP contribution >= 0.6 is 0 Å². The monoisotopic (exact) mass is 233 g/mol. The van der Waals surface area contributed by atoms with Gasteiger partial charge in [-0.1, -0.05) is 29.4 Å². The maximum Gasteiger partial charge on any atom is 0.359 e. The molecule has 2 aromatic rings. The number of aromatic amines is 1. The van der Waals surface area contributed by atoms with Crippen molar-refractivity contribution < 1.29 is 14.6 Å². The van der Waals surface area contributed by atoms with Crippen molar-refractivity contribution in [2.75, 3.05) is 0 Å². The first kappa shape index (κ1) is 11.1. The highest BCUT2D eigenvalue weighted by atomic mass is 16.5. The Morgan fingerprint density at radius 2 is 2.35 bits per heavy atom. The van der Waals surface area contributed by atoms with E-state index in [0.29, 0.717) is 5.75 Å². The normalized spacial score (nSPS) is 10.2. The first-order chi connectivity index (χ1) is 8.20. The van der Waals surface area contributed by atoms with Gasteiger partial charge in [-0.05, 0) is 24.1 Å². The molecular formula is C11H11N3O3. The number of benzene rings is 1. The van der Waals surface area contributed by atoms with Crippen LogP contribution in [0.2, 0.25) is 0 Å². The number of rotatable bonds is 4. The molecule has 0 aliphatic carbocycles. The van der Waals surface area contributed by atoms with E-state index in [9.17, 15) is 4.79 Å². The molecule has 6 nitrogen and oxygen atoms in total. The quantitative estimate of drug-likeness (QED) is 0.841. The Morgan fingerprint density at radius 3 is 3.06 bits per heavy atom. The Hall–Kier alpha value is -2.37. The summed E-state index contributed by atoms with van der Waals surface area (Å²) in [6, 6.07) is 7.38. The number of carboxylic acid groups (broad SMARTS) is 1. The molecule has 1 heterocycles. The lowest BCUT2D eigenvalue weighted by molar-refractivity contribution is 0.0687. The molecule has 0 saturated heterocycles. The Morgan fingerprint density at radius 1 is 1.53 bits per heavy atom. The fourth-order valence-electron chi connectivity index (χ4n) is 1.37. The summed E-state index contributed by atoms with van der Waals surface area (Å²) in [6.45, 7) is 2.03. The number of hydrogen-bond donors (Lipinski definition) is 2. The van der Waals surface area contributed by atoms with Gasteiger partial charge in [0.15, 0.2) is 0 Å². The minimum Gasteiger partial charge on any atom is -0.476 e. The van der Waals surface area contributed by atoms with Crippen LogP contribution in [0.15, 0.2) is 24.3 Å². The zero-order chi connectivity index (χ0) is 12.3. The van der Waals surface area contributed by atoms with Crippen molar-refractivity contribution in [3.05, 3.63) is 35.5 Å². The van der Waals surface area contributed by atoms with E-state index in [1.54, 1.807) is 6.07 Å². The summed E-state index contributed by atoms with van der Waals surface area (Å²) >= 11 is 0. The number of hydrogen-bond acceptors (Lipinski definition) is 4. The van der Waals surface area contributed by atoms with Crippen LogP contribution in [-0.4, -0.2) is 26.5 Å². The van der Waals surface area contributed by atoms with Crippen molar-refractivity contribution in [2.45, 2.75) is 13.3 Å². The van der Waals surface area contributed by atoms with Crippen LogP contribution < -0.4 is 4.74 Å². The summed E-state index contributed by atoms with van der Waals surface area (Å²) in [5.41, 5.74) is 0.940. The Kier molecular flexibility index (Phi) is 3.04. The summed E-state index contributed by atoms with van der Waals surface area (Å²) in [5.74, 6) is -0.650. The van der Waals surface area contributed by atoms with Gasteiger partial charge >= 0.3 is 5.97 Å². The number of aromatic carboxylic acids is 1. The van der Waals surface area contributed by atoms with Gasteiger partial charge < -0.3 is 9.84 Å². The third kappa shape index (κ3) is 2.41. The van der Waals surface area contributed by atoms with Gasteiger partial charge in [-0.2, -0.15) is 0 Å². The molecule has 2 N–H and O–H groups in total. The SMILES string of the molecule is CCc1cccc(Oc2nn[nH]c2C(=O)O)c1. The van der Waals surface area contributed by atoms with E-state index in [0.717, 1.165) is 12.0 Å². The number of carboxylic acids is 1. The summed E-state index contributed by atoms with van der Waals surface area (Å²) in [4.78, 5) is 10.8. The zero-order valence-corrected chi connectivity index (χ0v) is 9.17. The standard InChI is InChI=1S/C11H11N3O3/c1-2-7-4-3-5-8(6-7)17-10-9(11(15)16)12-14-13-10/h3-6H,2H2,1H3,(H,15,16)(H,12,13,14). The first-order valence-corrected chi connectivity index (χ1v) is 5.12. The summed E-state index contributed by atoms with van der Waals surface area (Å²) < 4.78 is 5.37. The summed E-state index contributed by atoms with van der Waals surface area (Å²) in [5, 5.41) is 18.1. The average molecular weight is 233 g/mol. The first-order valence-electron chi connectivity index (χ1n) is 5.12. The number of H-pyrrole nitrogens is 1. The molecule has 0 aliphatic heterocycles. The van der Waals surface area contributed by atoms with Crippen LogP contribution in [0.5, 0.6) is 11.6 Å². The summed E-state index contributed by atoms with van der Waals surface area (Å²) in [7, 11) is 0. The van der Waals surface area contributed by atoms with Gasteiger partial charge in [0.25, 0.3) is 5.88 Å². The molecule has 0 amide bonds. The van der Waals surface area contributed by atoms with E-state index in [1.165, 1.54) is 0 Å². The molecule has 0 bridgehead atoms. The molecule has 0 spiro atoms. The van der Waals surface area contributed by atoms with Crippen molar-refractivity contribution in [1.82, 2.24) is 15.4 Å². The van der Waals surface area contributed by atoms with Crippen molar-refractivity contribution in [3.8, 4) is 11.6 Å². The minimum absolute atomic E-state index is 0.0363. The van der Waals surface area contributed by atoms with Crippen molar-refractivity contribution in [1.29, 1.82) is 0 Å². The predicted molar refractivity (Wildman–Crippen MR) is 59.2 cm³/mol. The van der Waals surface area contributed by atoms with E-state index in [1.807, 2.05) is 25.1 Å². The molecule has 17 heavy (non-hydrogen) atoms. The van der Waals surface area contributed by atoms with E-state index in [2.05, 4.69) is 15.4 Å². The number of carbonyl (C=O) groups is 1. The van der Waals surface area contributed by atoms with Gasteiger partial charge in [0, 0.05) is 0 Å². The lowest BCUT2D eigenvalue weighted by Gasteiger charge is -2.04. The smallest absolute Gasteiger partial charge is 0.359 e. The van der Waals surface area contributed by atoms with Crippen LogP contribution in [-0.2, 0) is 6.42 Å². The van der Waals surface area contributed by atoms with Gasteiger partial charge in [-0.15, -0.1) is 0 Å². The maximum atomic E-state index is 10.8. The fourth-order valence-corrected chi connectivity index (χ4v) is 1.37. The van der Waals surface area contributed by atoms with E-state index in [-0.39, 0.29) is 11.6 Å². The third-order valence-electron chi connectivity index (χ3n) is 2.25. The van der Waals surface area contributed by atoms with Crippen molar-refractivity contribution in [2.24, 2.45) is 0 Å². The highest BCUT2D eigenvalue weighted by molar-refractivity contribution is 5.87. The molecule has 0 fully saturated rings. The Labute approximate surface area is 97.2 Å². The van der Waals surface area contributed by atoms with Crippen molar-refractivity contribution in [3.63, 3.8) is 0 Å². The summed E-state index contributed by atoms with van der Waals surface area (Å²) in [6.07, 6.45) is 0.877. The van der Waals surface area contributed by atoms with Crippen molar-refractivity contribution >= 4 is 5.97 Å². The fraction of sp³-hybridized carbons (Fsp3) is 0.182. The molecule has 2 rings (SSSR count). The van der Waals surface area contributed by atoms with E-state index < -0.39 is 5.97 Å². The third-order valence-corrected chi connectivity index (χ3v) is 2.25. The highest BCUT2D eigenvalue weighted by Gasteiger charge is 2.16. The number of nitrogens with one attached hydrogen (secondary N) is 1. The lowest BCUT2D eigenvalue weighted by atomic mass is 10.2. The van der Waals surface area contributed by atoms with E-state index >= 15 is 0 Å².